The summed E-state index contributed by atoms with van der Waals surface area (Å²) in [7, 11) is 0. The number of carbonyl (C=O) groups is 3. The molecule has 0 radical (unpaired) electrons. The first-order valence-corrected chi connectivity index (χ1v) is 13.4. The minimum Gasteiger partial charge on any atom is -0.481 e. The quantitative estimate of drug-likeness (QED) is 0.578. The van der Waals surface area contributed by atoms with Gasteiger partial charge in [0.25, 0.3) is 0 Å². The molecule has 3 saturated heterocycles. The molecule has 3 saturated carbocycles. The van der Waals surface area contributed by atoms with E-state index in [1.807, 2.05) is 6.92 Å². The lowest BCUT2D eigenvalue weighted by molar-refractivity contribution is -0.225. The second kappa shape index (κ2) is 7.44. The van der Waals surface area contributed by atoms with Gasteiger partial charge in [-0.05, 0) is 80.5 Å². The van der Waals surface area contributed by atoms with Gasteiger partial charge in [0.05, 0.1) is 11.8 Å². The maximum absolute atomic E-state index is 12.4. The van der Waals surface area contributed by atoms with E-state index in [4.69, 9.17) is 18.9 Å². The number of ether oxygens (including phenoxy) is 4. The van der Waals surface area contributed by atoms with Crippen molar-refractivity contribution in [3.63, 3.8) is 0 Å². The standard InChI is InChI=1S/C27H38O8/c1-14(28)32-19-12-16-15(21-34-23-27(19,35-21)13-20(29)33-23)6-7-17-24(16,2)11-8-18-25(17,3)9-5-10-26(18,4)22(30)31/h15-19,21,23H,5-13H2,1-4H3,(H,30,31)/t15-,16+,17?,18?,19+,21-,23+,24-,25+,26-,27-/m0/s1. The number of rotatable bonds is 2. The lowest BCUT2D eigenvalue weighted by atomic mass is 9.38. The van der Waals surface area contributed by atoms with Gasteiger partial charge in [0.15, 0.2) is 11.9 Å². The van der Waals surface area contributed by atoms with Gasteiger partial charge in [-0.15, -0.1) is 0 Å². The van der Waals surface area contributed by atoms with Crippen LogP contribution in [-0.2, 0) is 33.3 Å². The van der Waals surface area contributed by atoms with E-state index in [0.717, 1.165) is 44.9 Å². The summed E-state index contributed by atoms with van der Waals surface area (Å²) in [6.45, 7) is 8.08. The summed E-state index contributed by atoms with van der Waals surface area (Å²) in [6.07, 6.45) is 5.16. The zero-order valence-corrected chi connectivity index (χ0v) is 21.2. The topological polar surface area (TPSA) is 108 Å². The van der Waals surface area contributed by atoms with Gasteiger partial charge >= 0.3 is 17.9 Å². The molecule has 194 valence electrons. The van der Waals surface area contributed by atoms with E-state index < -0.39 is 41.6 Å². The molecule has 8 nitrogen and oxygen atoms in total. The number of aliphatic carboxylic acids is 1. The first kappa shape index (κ1) is 23.7. The van der Waals surface area contributed by atoms with Crippen LogP contribution < -0.4 is 0 Å². The molecular formula is C27H38O8. The number of carboxylic acids is 1. The van der Waals surface area contributed by atoms with Gasteiger partial charge in [-0.1, -0.05) is 20.3 Å². The first-order valence-electron chi connectivity index (χ1n) is 13.4. The van der Waals surface area contributed by atoms with Crippen LogP contribution in [0.1, 0.15) is 85.5 Å². The molecule has 3 aliphatic heterocycles. The van der Waals surface area contributed by atoms with Gasteiger partial charge in [-0.3, -0.25) is 14.4 Å². The maximum atomic E-state index is 12.4. The molecule has 6 rings (SSSR count). The summed E-state index contributed by atoms with van der Waals surface area (Å²) >= 11 is 0. The van der Waals surface area contributed by atoms with Crippen molar-refractivity contribution in [2.75, 3.05) is 0 Å². The summed E-state index contributed by atoms with van der Waals surface area (Å²) in [5.74, 6) is -0.620. The third-order valence-corrected chi connectivity index (χ3v) is 11.5. The molecule has 0 aromatic heterocycles. The van der Waals surface area contributed by atoms with Gasteiger partial charge in [-0.25, -0.2) is 0 Å². The van der Waals surface area contributed by atoms with Crippen LogP contribution in [0.3, 0.4) is 0 Å². The highest BCUT2D eigenvalue weighted by atomic mass is 16.8. The van der Waals surface area contributed by atoms with Crippen LogP contribution in [0.15, 0.2) is 0 Å². The summed E-state index contributed by atoms with van der Waals surface area (Å²) in [5.41, 5.74) is -1.88. The van der Waals surface area contributed by atoms with Crippen molar-refractivity contribution in [1.29, 1.82) is 0 Å². The number of esters is 2. The fourth-order valence-electron chi connectivity index (χ4n) is 10.0. The van der Waals surface area contributed by atoms with Gasteiger partial charge < -0.3 is 24.1 Å². The van der Waals surface area contributed by atoms with Crippen molar-refractivity contribution in [2.45, 2.75) is 110 Å². The van der Waals surface area contributed by atoms with E-state index in [2.05, 4.69) is 13.8 Å². The second-order valence-electron chi connectivity index (χ2n) is 13.0. The first-order chi connectivity index (χ1) is 16.4. The third kappa shape index (κ3) is 3.01. The number of carbonyl (C=O) groups excluding carboxylic acids is 2. The van der Waals surface area contributed by atoms with Crippen molar-refractivity contribution < 1.29 is 38.4 Å². The molecule has 8 heteroatoms. The minimum atomic E-state index is -1.08. The molecule has 3 heterocycles. The Morgan fingerprint density at radius 3 is 2.51 bits per heavy atom. The highest BCUT2D eigenvalue weighted by Gasteiger charge is 2.71. The highest BCUT2D eigenvalue weighted by Crippen LogP contribution is 2.71. The number of carboxylic acid groups (broad SMARTS) is 1. The fourth-order valence-corrected chi connectivity index (χ4v) is 10.0. The zero-order chi connectivity index (χ0) is 25.0. The van der Waals surface area contributed by atoms with Crippen molar-refractivity contribution >= 4 is 17.9 Å². The van der Waals surface area contributed by atoms with Gasteiger partial charge in [0.2, 0.25) is 6.29 Å². The molecular weight excluding hydrogens is 452 g/mol. The average molecular weight is 491 g/mol. The zero-order valence-electron chi connectivity index (χ0n) is 21.2. The summed E-state index contributed by atoms with van der Waals surface area (Å²) in [5, 5.41) is 10.2. The Morgan fingerprint density at radius 1 is 1.03 bits per heavy atom. The molecule has 0 aromatic carbocycles. The molecule has 0 aromatic rings. The molecule has 35 heavy (non-hydrogen) atoms. The summed E-state index contributed by atoms with van der Waals surface area (Å²) in [6, 6.07) is 0. The van der Waals surface area contributed by atoms with E-state index in [9.17, 15) is 19.5 Å². The van der Waals surface area contributed by atoms with E-state index in [-0.39, 0.29) is 41.0 Å². The molecule has 1 N–H and O–H groups in total. The Balaban J connectivity index is 1.38. The molecule has 2 bridgehead atoms. The molecule has 3 aliphatic carbocycles. The smallest absolute Gasteiger partial charge is 0.311 e. The van der Waals surface area contributed by atoms with Gasteiger partial charge in [0.1, 0.15) is 6.10 Å². The number of hydrogen-bond donors (Lipinski definition) is 1. The predicted molar refractivity (Wildman–Crippen MR) is 122 cm³/mol. The summed E-state index contributed by atoms with van der Waals surface area (Å²) < 4.78 is 24.0. The van der Waals surface area contributed by atoms with Crippen molar-refractivity contribution in [3.8, 4) is 0 Å². The molecule has 1 spiro atoms. The fraction of sp³-hybridized carbons (Fsp3) is 0.889. The van der Waals surface area contributed by atoms with E-state index >= 15 is 0 Å². The average Bonchev–Trinajstić information content (AvgIpc) is 3.21. The van der Waals surface area contributed by atoms with Gasteiger partial charge in [0, 0.05) is 12.8 Å². The lowest BCUT2D eigenvalue weighted by Crippen LogP contribution is -2.62. The minimum absolute atomic E-state index is 0.0302. The van der Waals surface area contributed by atoms with Crippen molar-refractivity contribution in [2.24, 2.45) is 39.9 Å². The van der Waals surface area contributed by atoms with Crippen molar-refractivity contribution in [3.05, 3.63) is 0 Å². The van der Waals surface area contributed by atoms with Crippen LogP contribution in [-0.4, -0.2) is 47.3 Å². The van der Waals surface area contributed by atoms with Crippen LogP contribution in [0.2, 0.25) is 0 Å². The molecule has 2 unspecified atom stereocenters. The van der Waals surface area contributed by atoms with Crippen LogP contribution in [0.25, 0.3) is 0 Å². The highest BCUT2D eigenvalue weighted by molar-refractivity contribution is 5.75. The number of fused-ring (bicyclic) bond motifs is 7. The molecule has 11 atom stereocenters. The Bertz CT molecular complexity index is 965. The number of hydrogen-bond acceptors (Lipinski definition) is 7. The Hall–Kier alpha value is -1.67. The SMILES string of the molecule is CC(=O)O[C@@H]1C[C@@H]2[C@H](CCC3[C@@]4(C)CCC[C@](C)(C(=O)O)C4CC[C@]32C)[C@H]2O[C@H]3OC(=O)C[C@@]31O2. The van der Waals surface area contributed by atoms with E-state index in [0.29, 0.717) is 12.3 Å². The third-order valence-electron chi connectivity index (χ3n) is 11.5. The Kier molecular flexibility index (Phi) is 5.04. The lowest BCUT2D eigenvalue weighted by Gasteiger charge is -2.66. The van der Waals surface area contributed by atoms with Crippen LogP contribution in [0, 0.1) is 39.9 Å². The van der Waals surface area contributed by atoms with E-state index in [1.54, 1.807) is 0 Å². The molecule has 6 fully saturated rings. The van der Waals surface area contributed by atoms with Crippen LogP contribution in [0.4, 0.5) is 0 Å². The normalized spacial score (nSPS) is 54.4. The monoisotopic (exact) mass is 490 g/mol. The largest absolute Gasteiger partial charge is 0.481 e. The van der Waals surface area contributed by atoms with Crippen molar-refractivity contribution in [1.82, 2.24) is 0 Å². The molecule has 0 amide bonds. The van der Waals surface area contributed by atoms with Gasteiger partial charge in [-0.2, -0.15) is 0 Å². The molecule has 6 aliphatic rings. The Morgan fingerprint density at radius 2 is 1.80 bits per heavy atom. The summed E-state index contributed by atoms with van der Waals surface area (Å²) in [4.78, 5) is 36.8. The van der Waals surface area contributed by atoms with E-state index in [1.165, 1.54) is 6.92 Å². The predicted octanol–water partition coefficient (Wildman–Crippen LogP) is 4.05. The Labute approximate surface area is 206 Å². The maximum Gasteiger partial charge on any atom is 0.311 e. The van der Waals surface area contributed by atoms with Crippen LogP contribution in [0.5, 0.6) is 0 Å². The second-order valence-corrected chi connectivity index (χ2v) is 13.0. The van der Waals surface area contributed by atoms with Crippen LogP contribution >= 0.6 is 0 Å².